The van der Waals surface area contributed by atoms with E-state index in [-0.39, 0.29) is 0 Å². The summed E-state index contributed by atoms with van der Waals surface area (Å²) in [5.41, 5.74) is 9.38. The van der Waals surface area contributed by atoms with Crippen molar-refractivity contribution in [3.63, 3.8) is 0 Å². The largest absolute Gasteiger partial charge is 0.494 e. The Labute approximate surface area is 71.5 Å². The molecule has 1 aromatic rings. The van der Waals surface area contributed by atoms with Gasteiger partial charge in [0, 0.05) is 6.07 Å². The van der Waals surface area contributed by atoms with Gasteiger partial charge in [-0.05, 0) is 19.1 Å². The first kappa shape index (κ1) is 8.67. The molecule has 0 heterocycles. The number of benzene rings is 1. The molecule has 0 bridgehead atoms. The fraction of sp³-hybridized carbons (Fsp3) is 0.250. The summed E-state index contributed by atoms with van der Waals surface area (Å²) < 4.78 is 5.25. The maximum Gasteiger partial charge on any atom is 0.121 e. The fourth-order valence-electron chi connectivity index (χ4n) is 0.917. The van der Waals surface area contributed by atoms with E-state index in [0.29, 0.717) is 18.0 Å². The first-order valence-electron chi connectivity index (χ1n) is 3.77. The van der Waals surface area contributed by atoms with E-state index in [1.165, 1.54) is 0 Å². The highest BCUT2D eigenvalue weighted by Crippen LogP contribution is 2.23. The highest BCUT2D eigenvalue weighted by atomic mass is 16.5. The quantitative estimate of drug-likeness (QED) is 0.356. The number of hydrogen-bond donors (Lipinski definition) is 3. The molecule has 0 saturated heterocycles. The second kappa shape index (κ2) is 3.82. The van der Waals surface area contributed by atoms with E-state index in [1.54, 1.807) is 18.2 Å². The third-order valence-corrected chi connectivity index (χ3v) is 1.49. The van der Waals surface area contributed by atoms with Crippen molar-refractivity contribution in [3.05, 3.63) is 18.2 Å². The summed E-state index contributed by atoms with van der Waals surface area (Å²) in [6, 6.07) is 5.32. The number of hydrogen-bond acceptors (Lipinski definition) is 4. The van der Waals surface area contributed by atoms with Crippen molar-refractivity contribution < 1.29 is 4.74 Å². The van der Waals surface area contributed by atoms with Gasteiger partial charge in [0.2, 0.25) is 0 Å². The lowest BCUT2D eigenvalue weighted by atomic mass is 10.2. The van der Waals surface area contributed by atoms with E-state index >= 15 is 0 Å². The number of rotatable bonds is 3. The van der Waals surface area contributed by atoms with E-state index in [1.807, 2.05) is 6.92 Å². The fourth-order valence-corrected chi connectivity index (χ4v) is 0.917. The molecule has 0 spiro atoms. The van der Waals surface area contributed by atoms with Gasteiger partial charge in [-0.2, -0.15) is 0 Å². The van der Waals surface area contributed by atoms with Crippen LogP contribution in [0.25, 0.3) is 0 Å². The first-order valence-corrected chi connectivity index (χ1v) is 3.77. The summed E-state index contributed by atoms with van der Waals surface area (Å²) in [5.74, 6) is 5.99. The molecule has 0 aliphatic carbocycles. The van der Waals surface area contributed by atoms with E-state index < -0.39 is 0 Å². The Hall–Kier alpha value is -1.42. The van der Waals surface area contributed by atoms with Gasteiger partial charge in [0.1, 0.15) is 5.75 Å². The van der Waals surface area contributed by atoms with Crippen LogP contribution in [0.15, 0.2) is 18.2 Å². The van der Waals surface area contributed by atoms with Crippen LogP contribution >= 0.6 is 0 Å². The van der Waals surface area contributed by atoms with E-state index in [4.69, 9.17) is 16.3 Å². The molecule has 0 amide bonds. The Kier molecular flexibility index (Phi) is 2.76. The minimum Gasteiger partial charge on any atom is -0.494 e. The van der Waals surface area contributed by atoms with Crippen LogP contribution in [0.5, 0.6) is 5.75 Å². The third-order valence-electron chi connectivity index (χ3n) is 1.49. The van der Waals surface area contributed by atoms with Gasteiger partial charge in [-0.25, -0.2) is 0 Å². The normalized spacial score (nSPS) is 9.50. The average Bonchev–Trinajstić information content (AvgIpc) is 2.09. The Balaban J connectivity index is 2.89. The smallest absolute Gasteiger partial charge is 0.121 e. The van der Waals surface area contributed by atoms with E-state index in [2.05, 4.69) is 5.43 Å². The summed E-state index contributed by atoms with van der Waals surface area (Å²) in [4.78, 5) is 0. The maximum atomic E-state index is 5.60. The van der Waals surface area contributed by atoms with Crippen molar-refractivity contribution in [2.45, 2.75) is 6.92 Å². The van der Waals surface area contributed by atoms with Gasteiger partial charge in [0.05, 0.1) is 18.0 Å². The number of nitrogen functional groups attached to an aromatic ring is 2. The van der Waals surface area contributed by atoms with E-state index in [0.717, 1.165) is 5.75 Å². The Bertz CT molecular complexity index is 262. The van der Waals surface area contributed by atoms with Crippen LogP contribution in [0.2, 0.25) is 0 Å². The molecule has 0 fully saturated rings. The summed E-state index contributed by atoms with van der Waals surface area (Å²) in [6.07, 6.45) is 0. The predicted molar refractivity (Wildman–Crippen MR) is 49.8 cm³/mol. The van der Waals surface area contributed by atoms with Gasteiger partial charge in [-0.3, -0.25) is 5.84 Å². The number of ether oxygens (including phenoxy) is 1. The zero-order valence-electron chi connectivity index (χ0n) is 7.00. The van der Waals surface area contributed by atoms with Crippen LogP contribution < -0.4 is 21.7 Å². The predicted octanol–water partition coefficient (Wildman–Crippen LogP) is 0.953. The lowest BCUT2D eigenvalue weighted by molar-refractivity contribution is 0.340. The summed E-state index contributed by atoms with van der Waals surface area (Å²) in [5, 5.41) is 0. The molecule has 0 saturated carbocycles. The third kappa shape index (κ3) is 1.79. The molecule has 1 rings (SSSR count). The van der Waals surface area contributed by atoms with Crippen molar-refractivity contribution in [3.8, 4) is 5.75 Å². The van der Waals surface area contributed by atoms with E-state index in [9.17, 15) is 0 Å². The van der Waals surface area contributed by atoms with Crippen LogP contribution in [0, 0.1) is 0 Å². The standard InChI is InChI=1S/C8H13N3O/c1-2-12-6-3-4-7(9)8(5-6)11-10/h3-5,11H,2,9-10H2,1H3. The average molecular weight is 167 g/mol. The molecule has 5 N–H and O–H groups in total. The lowest BCUT2D eigenvalue weighted by Gasteiger charge is -2.07. The van der Waals surface area contributed by atoms with Gasteiger partial charge in [-0.15, -0.1) is 0 Å². The molecular weight excluding hydrogens is 154 g/mol. The Morgan fingerprint density at radius 1 is 1.50 bits per heavy atom. The SMILES string of the molecule is CCOc1ccc(N)c(NN)c1. The van der Waals surface area contributed by atoms with Crippen molar-refractivity contribution in [1.82, 2.24) is 0 Å². The summed E-state index contributed by atoms with van der Waals surface area (Å²) in [6.45, 7) is 2.56. The molecule has 4 nitrogen and oxygen atoms in total. The van der Waals surface area contributed by atoms with Gasteiger partial charge in [0.15, 0.2) is 0 Å². The molecule has 0 radical (unpaired) electrons. The van der Waals surface area contributed by atoms with Crippen molar-refractivity contribution >= 4 is 11.4 Å². The van der Waals surface area contributed by atoms with Gasteiger partial charge < -0.3 is 15.9 Å². The number of nitrogens with one attached hydrogen (secondary N) is 1. The van der Waals surface area contributed by atoms with Gasteiger partial charge in [0.25, 0.3) is 0 Å². The second-order valence-corrected chi connectivity index (χ2v) is 2.33. The molecule has 4 heteroatoms. The van der Waals surface area contributed by atoms with Crippen LogP contribution in [0.3, 0.4) is 0 Å². The molecule has 1 aromatic carbocycles. The summed E-state index contributed by atoms with van der Waals surface area (Å²) in [7, 11) is 0. The highest BCUT2D eigenvalue weighted by Gasteiger charge is 1.98. The molecule has 0 aliphatic heterocycles. The maximum absolute atomic E-state index is 5.60. The first-order chi connectivity index (χ1) is 5.77. The van der Waals surface area contributed by atoms with Crippen LogP contribution in [-0.4, -0.2) is 6.61 Å². The number of anilines is 2. The molecule has 66 valence electrons. The van der Waals surface area contributed by atoms with Crippen molar-refractivity contribution in [1.29, 1.82) is 0 Å². The van der Waals surface area contributed by atoms with Crippen LogP contribution in [-0.2, 0) is 0 Å². The van der Waals surface area contributed by atoms with Crippen LogP contribution in [0.1, 0.15) is 6.92 Å². The highest BCUT2D eigenvalue weighted by molar-refractivity contribution is 5.67. The van der Waals surface area contributed by atoms with Crippen molar-refractivity contribution in [2.24, 2.45) is 5.84 Å². The van der Waals surface area contributed by atoms with Crippen molar-refractivity contribution in [2.75, 3.05) is 17.8 Å². The Morgan fingerprint density at radius 3 is 2.83 bits per heavy atom. The lowest BCUT2D eigenvalue weighted by Crippen LogP contribution is -2.09. The minimum atomic E-state index is 0.612. The molecule has 0 atom stereocenters. The molecular formula is C8H13N3O. The Morgan fingerprint density at radius 2 is 2.25 bits per heavy atom. The zero-order chi connectivity index (χ0) is 8.97. The second-order valence-electron chi connectivity index (χ2n) is 2.33. The van der Waals surface area contributed by atoms with Gasteiger partial charge >= 0.3 is 0 Å². The number of nitrogens with two attached hydrogens (primary N) is 2. The molecule has 0 aliphatic rings. The van der Waals surface area contributed by atoms with Crippen LogP contribution in [0.4, 0.5) is 11.4 Å². The minimum absolute atomic E-state index is 0.612. The molecule has 0 aromatic heterocycles. The zero-order valence-corrected chi connectivity index (χ0v) is 7.00. The monoisotopic (exact) mass is 167 g/mol. The molecule has 12 heavy (non-hydrogen) atoms. The molecule has 0 unspecified atom stereocenters. The van der Waals surface area contributed by atoms with Gasteiger partial charge in [-0.1, -0.05) is 0 Å². The number of hydrazine groups is 1. The topological polar surface area (TPSA) is 73.3 Å². The summed E-state index contributed by atoms with van der Waals surface area (Å²) >= 11 is 0.